The van der Waals surface area contributed by atoms with Gasteiger partial charge in [0.25, 0.3) is 0 Å². The summed E-state index contributed by atoms with van der Waals surface area (Å²) in [5.74, 6) is 0. The molecule has 1 unspecified atom stereocenters. The molecule has 0 radical (unpaired) electrons. The highest BCUT2D eigenvalue weighted by atomic mass is 79.9. The Hall–Kier alpha value is -0.540. The Morgan fingerprint density at radius 2 is 1.79 bits per heavy atom. The van der Waals surface area contributed by atoms with Gasteiger partial charge < -0.3 is 10.4 Å². The smallest absolute Gasteiger partial charge is 0.0789 e. The number of hydrogen-bond donors (Lipinski definition) is 2. The largest absolute Gasteiger partial charge is 0.388 e. The quantitative estimate of drug-likeness (QED) is 0.873. The van der Waals surface area contributed by atoms with Gasteiger partial charge in [-0.15, -0.1) is 0 Å². The number of aliphatic hydroxyl groups is 1. The summed E-state index contributed by atoms with van der Waals surface area (Å²) < 4.78 is 1.05. The maximum absolute atomic E-state index is 9.73. The third kappa shape index (κ3) is 3.31. The minimum absolute atomic E-state index is 0.0173. The number of rotatable bonds is 3. The van der Waals surface area contributed by atoms with Gasteiger partial charge >= 0.3 is 0 Å². The van der Waals surface area contributed by atoms with E-state index in [4.69, 9.17) is 0 Å². The van der Waals surface area contributed by atoms with Crippen molar-refractivity contribution in [2.24, 2.45) is 0 Å². The molecule has 0 saturated heterocycles. The molecule has 1 aromatic rings. The Labute approximate surface area is 93.5 Å². The van der Waals surface area contributed by atoms with Crippen LogP contribution in [0, 0.1) is 0 Å². The van der Waals surface area contributed by atoms with Gasteiger partial charge in [0.05, 0.1) is 11.6 Å². The molecule has 0 amide bonds. The molecule has 1 atom stereocenters. The highest BCUT2D eigenvalue weighted by Gasteiger charge is 2.21. The predicted octanol–water partition coefficient (Wildman–Crippen LogP) is 3.02. The van der Waals surface area contributed by atoms with Crippen LogP contribution in [0.25, 0.3) is 0 Å². The van der Waals surface area contributed by atoms with Gasteiger partial charge in [0.2, 0.25) is 0 Å². The van der Waals surface area contributed by atoms with Crippen molar-refractivity contribution in [3.05, 3.63) is 28.7 Å². The van der Waals surface area contributed by atoms with Crippen LogP contribution in [-0.4, -0.2) is 16.7 Å². The lowest BCUT2D eigenvalue weighted by Crippen LogP contribution is -2.39. The molecule has 3 heteroatoms. The van der Waals surface area contributed by atoms with Crippen LogP contribution in [0.15, 0.2) is 28.7 Å². The number of anilines is 1. The van der Waals surface area contributed by atoms with Crippen molar-refractivity contribution in [3.8, 4) is 0 Å². The summed E-state index contributed by atoms with van der Waals surface area (Å²) in [5, 5.41) is 13.0. The van der Waals surface area contributed by atoms with Crippen molar-refractivity contribution < 1.29 is 5.11 Å². The summed E-state index contributed by atoms with van der Waals surface area (Å²) in [6, 6.07) is 7.92. The van der Waals surface area contributed by atoms with Gasteiger partial charge in [-0.3, -0.25) is 0 Å². The Morgan fingerprint density at radius 3 is 2.21 bits per heavy atom. The molecule has 0 spiro atoms. The third-order valence-electron chi connectivity index (χ3n) is 2.29. The van der Waals surface area contributed by atoms with E-state index in [1.54, 1.807) is 13.8 Å². The number of hydrogen-bond acceptors (Lipinski definition) is 2. The van der Waals surface area contributed by atoms with Crippen LogP contribution in [0.1, 0.15) is 20.8 Å². The van der Waals surface area contributed by atoms with Crippen LogP contribution in [0.5, 0.6) is 0 Å². The second kappa shape index (κ2) is 4.32. The highest BCUT2D eigenvalue weighted by Crippen LogP contribution is 2.18. The minimum atomic E-state index is -0.715. The monoisotopic (exact) mass is 257 g/mol. The maximum atomic E-state index is 9.73. The fraction of sp³-hybridized carbons (Fsp3) is 0.455. The molecule has 0 aliphatic rings. The van der Waals surface area contributed by atoms with Crippen LogP contribution in [0.2, 0.25) is 0 Å². The minimum Gasteiger partial charge on any atom is -0.388 e. The summed E-state index contributed by atoms with van der Waals surface area (Å²) in [6.45, 7) is 5.55. The first-order chi connectivity index (χ1) is 6.39. The molecule has 0 aromatic heterocycles. The predicted molar refractivity (Wildman–Crippen MR) is 63.5 cm³/mol. The van der Waals surface area contributed by atoms with Gasteiger partial charge in [-0.25, -0.2) is 0 Å². The number of halogens is 1. The molecule has 0 heterocycles. The lowest BCUT2D eigenvalue weighted by molar-refractivity contribution is 0.0649. The summed E-state index contributed by atoms with van der Waals surface area (Å²) in [7, 11) is 0. The van der Waals surface area contributed by atoms with E-state index in [1.165, 1.54) is 0 Å². The van der Waals surface area contributed by atoms with Crippen LogP contribution in [0.4, 0.5) is 5.69 Å². The van der Waals surface area contributed by atoms with Crippen LogP contribution in [-0.2, 0) is 0 Å². The molecule has 0 aliphatic carbocycles. The molecule has 1 rings (SSSR count). The van der Waals surface area contributed by atoms with Crippen LogP contribution < -0.4 is 5.32 Å². The second-order valence-corrected chi connectivity index (χ2v) is 4.94. The molecule has 1 aromatic carbocycles. The first kappa shape index (κ1) is 11.5. The first-order valence-corrected chi connectivity index (χ1v) is 5.43. The van der Waals surface area contributed by atoms with E-state index in [-0.39, 0.29) is 6.04 Å². The van der Waals surface area contributed by atoms with Gasteiger partial charge in [-0.1, -0.05) is 15.9 Å². The van der Waals surface area contributed by atoms with E-state index in [1.807, 2.05) is 31.2 Å². The molecule has 0 saturated carbocycles. The van der Waals surface area contributed by atoms with Crippen molar-refractivity contribution >= 4 is 21.6 Å². The second-order valence-electron chi connectivity index (χ2n) is 4.03. The fourth-order valence-corrected chi connectivity index (χ4v) is 1.24. The summed E-state index contributed by atoms with van der Waals surface area (Å²) in [6.07, 6.45) is 0. The number of nitrogens with one attached hydrogen (secondary N) is 1. The summed E-state index contributed by atoms with van der Waals surface area (Å²) >= 11 is 3.37. The van der Waals surface area contributed by atoms with Crippen molar-refractivity contribution in [1.29, 1.82) is 0 Å². The van der Waals surface area contributed by atoms with Crippen molar-refractivity contribution in [2.45, 2.75) is 32.4 Å². The molecule has 0 bridgehead atoms. The van der Waals surface area contributed by atoms with Gasteiger partial charge in [0.1, 0.15) is 0 Å². The zero-order chi connectivity index (χ0) is 10.8. The highest BCUT2D eigenvalue weighted by molar-refractivity contribution is 9.10. The van der Waals surface area contributed by atoms with Crippen molar-refractivity contribution in [1.82, 2.24) is 0 Å². The average Bonchev–Trinajstić information content (AvgIpc) is 2.07. The Morgan fingerprint density at radius 1 is 1.29 bits per heavy atom. The molecule has 14 heavy (non-hydrogen) atoms. The fourth-order valence-electron chi connectivity index (χ4n) is 0.973. The molecule has 78 valence electrons. The molecular formula is C11H16BrNO. The van der Waals surface area contributed by atoms with E-state index in [0.717, 1.165) is 10.2 Å². The lowest BCUT2D eigenvalue weighted by atomic mass is 10.0. The molecule has 0 aliphatic heterocycles. The van der Waals surface area contributed by atoms with Crippen LogP contribution in [0.3, 0.4) is 0 Å². The van der Waals surface area contributed by atoms with E-state index >= 15 is 0 Å². The van der Waals surface area contributed by atoms with Gasteiger partial charge in [0.15, 0.2) is 0 Å². The van der Waals surface area contributed by atoms with E-state index in [0.29, 0.717) is 0 Å². The third-order valence-corrected chi connectivity index (χ3v) is 2.82. The van der Waals surface area contributed by atoms with Gasteiger partial charge in [0, 0.05) is 10.2 Å². The Kier molecular flexibility index (Phi) is 3.56. The van der Waals surface area contributed by atoms with Crippen molar-refractivity contribution in [2.75, 3.05) is 5.32 Å². The van der Waals surface area contributed by atoms with E-state index < -0.39 is 5.60 Å². The lowest BCUT2D eigenvalue weighted by Gasteiger charge is -2.27. The summed E-state index contributed by atoms with van der Waals surface area (Å²) in [5.41, 5.74) is 0.301. The molecule has 2 N–H and O–H groups in total. The Bertz CT molecular complexity index is 289. The first-order valence-electron chi connectivity index (χ1n) is 4.64. The average molecular weight is 258 g/mol. The summed E-state index contributed by atoms with van der Waals surface area (Å²) in [4.78, 5) is 0. The van der Waals surface area contributed by atoms with Crippen LogP contribution >= 0.6 is 15.9 Å². The van der Waals surface area contributed by atoms with E-state index in [2.05, 4.69) is 21.2 Å². The van der Waals surface area contributed by atoms with E-state index in [9.17, 15) is 5.11 Å². The maximum Gasteiger partial charge on any atom is 0.0789 e. The zero-order valence-corrected chi connectivity index (χ0v) is 10.3. The topological polar surface area (TPSA) is 32.3 Å². The SMILES string of the molecule is CC(Nc1ccc(Br)cc1)C(C)(C)O. The molecule has 0 fully saturated rings. The number of benzene rings is 1. The standard InChI is InChI=1S/C11H16BrNO/c1-8(11(2,3)14)13-10-6-4-9(12)5-7-10/h4-8,13-14H,1-3H3. The zero-order valence-electron chi connectivity index (χ0n) is 8.71. The Balaban J connectivity index is 2.65. The van der Waals surface area contributed by atoms with Gasteiger partial charge in [-0.2, -0.15) is 0 Å². The molecule has 2 nitrogen and oxygen atoms in total. The van der Waals surface area contributed by atoms with Gasteiger partial charge in [-0.05, 0) is 45.0 Å². The normalized spacial score (nSPS) is 13.8. The van der Waals surface area contributed by atoms with Crippen molar-refractivity contribution in [3.63, 3.8) is 0 Å². The molecular weight excluding hydrogens is 242 g/mol.